The number of benzene rings is 1. The normalized spacial score (nSPS) is 13.2. The van der Waals surface area contributed by atoms with E-state index < -0.39 is 5.54 Å². The molecule has 1 unspecified atom stereocenters. The van der Waals surface area contributed by atoms with Gasteiger partial charge in [0.05, 0.1) is 26.5 Å². The highest BCUT2D eigenvalue weighted by Gasteiger charge is 2.19. The van der Waals surface area contributed by atoms with Crippen molar-refractivity contribution in [3.63, 3.8) is 0 Å². The number of aliphatic hydroxyl groups excluding tert-OH is 1. The summed E-state index contributed by atoms with van der Waals surface area (Å²) in [4.78, 5) is 12.6. The number of aryl methyl sites for hydroxylation is 2. The first-order valence-corrected chi connectivity index (χ1v) is 9.59. The van der Waals surface area contributed by atoms with Crippen molar-refractivity contribution in [3.05, 3.63) is 47.3 Å². The van der Waals surface area contributed by atoms with E-state index in [1.807, 2.05) is 48.9 Å². The number of hydrogen-bond acceptors (Lipinski definition) is 5. The minimum atomic E-state index is -0.603. The quantitative estimate of drug-likeness (QED) is 0.578. The second-order valence-electron chi connectivity index (χ2n) is 7.55. The monoisotopic (exact) mass is 388 g/mol. The molecule has 0 fully saturated rings. The number of hydrogen-bond donors (Lipinski definition) is 2. The van der Waals surface area contributed by atoms with Gasteiger partial charge in [-0.25, -0.2) is 0 Å². The fraction of sp³-hybridized carbons (Fsp3) is 0.500. The molecule has 0 amide bonds. The molecule has 3 N–H and O–H groups in total. The third-order valence-electron chi connectivity index (χ3n) is 5.14. The second-order valence-corrected chi connectivity index (χ2v) is 7.55. The summed E-state index contributed by atoms with van der Waals surface area (Å²) in [6, 6.07) is 9.68. The molecular formula is C22H32N2O4. The van der Waals surface area contributed by atoms with E-state index in [1.54, 1.807) is 14.2 Å². The molecule has 28 heavy (non-hydrogen) atoms. The maximum atomic E-state index is 12.6. The lowest BCUT2D eigenvalue weighted by Crippen LogP contribution is -2.40. The second kappa shape index (κ2) is 9.75. The first-order valence-electron chi connectivity index (χ1n) is 9.59. The van der Waals surface area contributed by atoms with Crippen LogP contribution in [0.25, 0.3) is 0 Å². The SMILES string of the molecule is COc1ccc(CCCC(=O)c2ccc(CCC(C)(N)CO)n2C)cc1OC. The molecule has 2 aromatic rings. The average Bonchev–Trinajstić information content (AvgIpc) is 3.06. The Kier molecular flexibility index (Phi) is 7.66. The Morgan fingerprint density at radius 2 is 1.86 bits per heavy atom. The van der Waals surface area contributed by atoms with Crippen LogP contribution in [0.5, 0.6) is 11.5 Å². The molecule has 0 aliphatic rings. The van der Waals surface area contributed by atoms with Crippen molar-refractivity contribution in [1.29, 1.82) is 0 Å². The zero-order chi connectivity index (χ0) is 20.7. The summed E-state index contributed by atoms with van der Waals surface area (Å²) in [6.45, 7) is 1.77. The summed E-state index contributed by atoms with van der Waals surface area (Å²) in [5, 5.41) is 9.29. The maximum absolute atomic E-state index is 12.6. The van der Waals surface area contributed by atoms with Crippen LogP contribution in [-0.2, 0) is 19.9 Å². The van der Waals surface area contributed by atoms with Crippen molar-refractivity contribution in [3.8, 4) is 11.5 Å². The van der Waals surface area contributed by atoms with E-state index in [2.05, 4.69) is 0 Å². The number of methoxy groups -OCH3 is 2. The lowest BCUT2D eigenvalue weighted by molar-refractivity contribution is 0.0972. The molecule has 1 aromatic carbocycles. The molecule has 1 atom stereocenters. The molecule has 0 aliphatic carbocycles. The van der Waals surface area contributed by atoms with E-state index in [0.717, 1.165) is 30.5 Å². The van der Waals surface area contributed by atoms with Gasteiger partial charge in [-0.3, -0.25) is 4.79 Å². The number of carbonyl (C=O) groups excluding carboxylic acids is 1. The van der Waals surface area contributed by atoms with E-state index in [4.69, 9.17) is 15.2 Å². The number of ether oxygens (including phenoxy) is 2. The lowest BCUT2D eigenvalue weighted by Gasteiger charge is -2.21. The van der Waals surface area contributed by atoms with Crippen LogP contribution < -0.4 is 15.2 Å². The van der Waals surface area contributed by atoms with Gasteiger partial charge in [0.15, 0.2) is 17.3 Å². The van der Waals surface area contributed by atoms with Gasteiger partial charge in [-0.05, 0) is 62.4 Å². The molecule has 0 aliphatic heterocycles. The fourth-order valence-corrected chi connectivity index (χ4v) is 3.19. The Bertz CT molecular complexity index is 796. The van der Waals surface area contributed by atoms with Crippen LogP contribution in [-0.4, -0.2) is 41.8 Å². The lowest BCUT2D eigenvalue weighted by atomic mass is 9.97. The highest BCUT2D eigenvalue weighted by molar-refractivity contribution is 5.94. The molecular weight excluding hydrogens is 356 g/mol. The van der Waals surface area contributed by atoms with Crippen LogP contribution in [0.4, 0.5) is 0 Å². The highest BCUT2D eigenvalue weighted by Crippen LogP contribution is 2.28. The van der Waals surface area contributed by atoms with E-state index in [9.17, 15) is 9.90 Å². The van der Waals surface area contributed by atoms with Crippen molar-refractivity contribution in [1.82, 2.24) is 4.57 Å². The van der Waals surface area contributed by atoms with Gasteiger partial charge >= 0.3 is 0 Å². The summed E-state index contributed by atoms with van der Waals surface area (Å²) in [6.07, 6.45) is 3.43. The topological polar surface area (TPSA) is 86.7 Å². The molecule has 0 radical (unpaired) electrons. The minimum absolute atomic E-state index is 0.0562. The van der Waals surface area contributed by atoms with E-state index in [-0.39, 0.29) is 12.4 Å². The minimum Gasteiger partial charge on any atom is -0.493 e. The van der Waals surface area contributed by atoms with E-state index in [1.165, 1.54) is 0 Å². The summed E-state index contributed by atoms with van der Waals surface area (Å²) < 4.78 is 12.5. The molecule has 1 aromatic heterocycles. The zero-order valence-corrected chi connectivity index (χ0v) is 17.3. The van der Waals surface area contributed by atoms with Gasteiger partial charge in [-0.2, -0.15) is 0 Å². The van der Waals surface area contributed by atoms with Gasteiger partial charge in [0.2, 0.25) is 0 Å². The number of ketones is 1. The molecule has 154 valence electrons. The summed E-state index contributed by atoms with van der Waals surface area (Å²) in [5.74, 6) is 1.54. The zero-order valence-electron chi connectivity index (χ0n) is 17.3. The van der Waals surface area contributed by atoms with Crippen LogP contribution >= 0.6 is 0 Å². The molecule has 0 saturated carbocycles. The van der Waals surface area contributed by atoms with Crippen LogP contribution in [0.1, 0.15) is 47.9 Å². The molecule has 1 heterocycles. The number of aromatic nitrogens is 1. The third kappa shape index (κ3) is 5.59. The number of carbonyl (C=O) groups is 1. The average molecular weight is 389 g/mol. The third-order valence-corrected chi connectivity index (χ3v) is 5.14. The molecule has 2 rings (SSSR count). The molecule has 0 bridgehead atoms. The largest absolute Gasteiger partial charge is 0.493 e. The molecule has 0 spiro atoms. The van der Waals surface area contributed by atoms with Crippen LogP contribution in [0.2, 0.25) is 0 Å². The van der Waals surface area contributed by atoms with Gasteiger partial charge in [-0.1, -0.05) is 6.07 Å². The first kappa shape index (κ1) is 22.0. The molecule has 0 saturated heterocycles. The van der Waals surface area contributed by atoms with Crippen molar-refractivity contribution in [2.45, 2.75) is 44.6 Å². The van der Waals surface area contributed by atoms with E-state index in [0.29, 0.717) is 30.0 Å². The maximum Gasteiger partial charge on any atom is 0.179 e. The Morgan fingerprint density at radius 3 is 2.50 bits per heavy atom. The predicted octanol–water partition coefficient (Wildman–Crippen LogP) is 2.89. The van der Waals surface area contributed by atoms with Gasteiger partial charge < -0.3 is 24.9 Å². The predicted molar refractivity (Wildman–Crippen MR) is 110 cm³/mol. The van der Waals surface area contributed by atoms with Gasteiger partial charge in [0, 0.05) is 24.7 Å². The molecule has 6 heteroatoms. The Morgan fingerprint density at radius 1 is 1.14 bits per heavy atom. The Labute approximate surface area is 167 Å². The van der Waals surface area contributed by atoms with E-state index >= 15 is 0 Å². The van der Waals surface area contributed by atoms with Crippen LogP contribution in [0.15, 0.2) is 30.3 Å². The highest BCUT2D eigenvalue weighted by atomic mass is 16.5. The number of aliphatic hydroxyl groups is 1. The van der Waals surface area contributed by atoms with Gasteiger partial charge in [0.1, 0.15) is 0 Å². The summed E-state index contributed by atoms with van der Waals surface area (Å²) >= 11 is 0. The Balaban J connectivity index is 1.92. The Hall–Kier alpha value is -2.31. The summed E-state index contributed by atoms with van der Waals surface area (Å²) in [5.41, 5.74) is 8.27. The molecule has 6 nitrogen and oxygen atoms in total. The van der Waals surface area contributed by atoms with Crippen molar-refractivity contribution in [2.75, 3.05) is 20.8 Å². The van der Waals surface area contributed by atoms with Crippen molar-refractivity contribution < 1.29 is 19.4 Å². The van der Waals surface area contributed by atoms with Crippen molar-refractivity contribution >= 4 is 5.78 Å². The number of Topliss-reactive ketones (excluding diaryl/α,β-unsaturated/α-hetero) is 1. The standard InChI is InChI=1S/C22H32N2O4/c1-22(23,15-25)13-12-17-9-10-18(24(17)2)19(26)7-5-6-16-8-11-20(27-3)21(14-16)28-4/h8-11,14,25H,5-7,12-13,15,23H2,1-4H3. The van der Waals surface area contributed by atoms with Crippen molar-refractivity contribution in [2.24, 2.45) is 12.8 Å². The van der Waals surface area contributed by atoms with Crippen LogP contribution in [0, 0.1) is 0 Å². The van der Waals surface area contributed by atoms with Gasteiger partial charge in [-0.15, -0.1) is 0 Å². The summed E-state index contributed by atoms with van der Waals surface area (Å²) in [7, 11) is 5.14. The first-order chi connectivity index (χ1) is 13.3. The van der Waals surface area contributed by atoms with Crippen LogP contribution in [0.3, 0.4) is 0 Å². The number of nitrogens with zero attached hydrogens (tertiary/aromatic N) is 1. The van der Waals surface area contributed by atoms with Gasteiger partial charge in [0.25, 0.3) is 0 Å². The number of rotatable bonds is 11. The smallest absolute Gasteiger partial charge is 0.179 e. The number of nitrogens with two attached hydrogens (primary N) is 1. The fourth-order valence-electron chi connectivity index (χ4n) is 3.19.